The predicted octanol–water partition coefficient (Wildman–Crippen LogP) is 5.68. The molecule has 4 atom stereocenters. The molecule has 182 valence electrons. The monoisotopic (exact) mass is 470 g/mol. The van der Waals surface area contributed by atoms with Crippen LogP contribution in [0.1, 0.15) is 101 Å². The Balaban J connectivity index is 3.20. The summed E-state index contributed by atoms with van der Waals surface area (Å²) < 4.78 is 44.2. The van der Waals surface area contributed by atoms with Gasteiger partial charge in [0.15, 0.2) is 0 Å². The van der Waals surface area contributed by atoms with Crippen LogP contribution < -0.4 is 0 Å². The summed E-state index contributed by atoms with van der Waals surface area (Å²) >= 11 is 0. The van der Waals surface area contributed by atoms with E-state index < -0.39 is 27.0 Å². The van der Waals surface area contributed by atoms with Crippen LogP contribution in [0.5, 0.6) is 0 Å². The number of hydrogen-bond acceptors (Lipinski definition) is 6. The van der Waals surface area contributed by atoms with Gasteiger partial charge in [0.1, 0.15) is 12.2 Å². The van der Waals surface area contributed by atoms with Crippen molar-refractivity contribution in [3.63, 3.8) is 0 Å². The minimum atomic E-state index is -4.64. The SMILES string of the molecule is CCC(C)CC(CC)OC(=O)c1cc(C(=O)OC(CC)CC(C)CC)cc(S(=O)(=O)O)c1. The maximum absolute atomic E-state index is 12.7. The van der Waals surface area contributed by atoms with Crippen molar-refractivity contribution in [2.45, 2.75) is 97.2 Å². The van der Waals surface area contributed by atoms with Crippen LogP contribution in [-0.2, 0) is 19.6 Å². The average Bonchev–Trinajstić information content (AvgIpc) is 2.76. The van der Waals surface area contributed by atoms with E-state index in [1.54, 1.807) is 0 Å². The Morgan fingerprint density at radius 2 is 1.16 bits per heavy atom. The Labute approximate surface area is 192 Å². The van der Waals surface area contributed by atoms with Gasteiger partial charge in [0.05, 0.1) is 16.0 Å². The number of carbonyl (C=O) groups is 2. The van der Waals surface area contributed by atoms with E-state index >= 15 is 0 Å². The second-order valence-corrected chi connectivity index (χ2v) is 10.0. The van der Waals surface area contributed by atoms with Gasteiger partial charge in [-0.2, -0.15) is 8.42 Å². The van der Waals surface area contributed by atoms with E-state index in [4.69, 9.17) is 9.47 Å². The molecule has 1 aromatic carbocycles. The summed E-state index contributed by atoms with van der Waals surface area (Å²) in [6.07, 6.45) is 3.80. The van der Waals surface area contributed by atoms with E-state index in [1.807, 2.05) is 13.8 Å². The van der Waals surface area contributed by atoms with Gasteiger partial charge >= 0.3 is 11.9 Å². The first-order chi connectivity index (χ1) is 14.9. The molecule has 4 unspecified atom stereocenters. The van der Waals surface area contributed by atoms with Crippen molar-refractivity contribution in [3.8, 4) is 0 Å². The molecule has 0 aliphatic heterocycles. The van der Waals surface area contributed by atoms with Gasteiger partial charge in [0.2, 0.25) is 0 Å². The van der Waals surface area contributed by atoms with Crippen molar-refractivity contribution < 1.29 is 32.0 Å². The number of carbonyl (C=O) groups excluding carboxylic acids is 2. The molecule has 7 nitrogen and oxygen atoms in total. The number of benzene rings is 1. The summed E-state index contributed by atoms with van der Waals surface area (Å²) in [6, 6.07) is 3.28. The van der Waals surface area contributed by atoms with E-state index in [2.05, 4.69) is 27.7 Å². The highest BCUT2D eigenvalue weighted by molar-refractivity contribution is 7.85. The minimum absolute atomic E-state index is 0.121. The standard InChI is InChI=1S/C24H38O7S/c1-7-16(5)11-20(9-3)30-23(25)18-13-19(15-22(14-18)32(27,28)29)24(26)31-21(10-4)12-17(6)8-2/h13-17,20-21H,7-12H2,1-6H3,(H,27,28,29). The largest absolute Gasteiger partial charge is 0.459 e. The number of ether oxygens (including phenoxy) is 2. The van der Waals surface area contributed by atoms with Crippen molar-refractivity contribution in [2.24, 2.45) is 11.8 Å². The summed E-state index contributed by atoms with van der Waals surface area (Å²) in [6.45, 7) is 12.0. The van der Waals surface area contributed by atoms with E-state index in [9.17, 15) is 22.6 Å². The molecule has 0 amide bonds. The van der Waals surface area contributed by atoms with E-state index in [0.717, 1.165) is 25.0 Å². The summed E-state index contributed by atoms with van der Waals surface area (Å²) in [5.41, 5.74) is -0.241. The van der Waals surface area contributed by atoms with Gasteiger partial charge in [0.25, 0.3) is 10.1 Å². The molecule has 0 saturated heterocycles. The predicted molar refractivity (Wildman–Crippen MR) is 123 cm³/mol. The number of rotatable bonds is 13. The lowest BCUT2D eigenvalue weighted by molar-refractivity contribution is 0.0235. The molecule has 0 heterocycles. The third kappa shape index (κ3) is 8.90. The number of hydrogen-bond donors (Lipinski definition) is 1. The molecule has 0 aliphatic rings. The fourth-order valence-electron chi connectivity index (χ4n) is 3.25. The van der Waals surface area contributed by atoms with Crippen molar-refractivity contribution >= 4 is 22.1 Å². The highest BCUT2D eigenvalue weighted by Gasteiger charge is 2.24. The lowest BCUT2D eigenvalue weighted by Gasteiger charge is -2.21. The lowest BCUT2D eigenvalue weighted by atomic mass is 9.99. The van der Waals surface area contributed by atoms with Crippen LogP contribution in [-0.4, -0.2) is 37.1 Å². The normalized spacial score (nSPS) is 15.5. The zero-order valence-electron chi connectivity index (χ0n) is 20.1. The third-order valence-corrected chi connectivity index (χ3v) is 6.69. The first-order valence-electron chi connectivity index (χ1n) is 11.5. The Kier molecular flexibility index (Phi) is 11.4. The zero-order valence-corrected chi connectivity index (χ0v) is 20.9. The van der Waals surface area contributed by atoms with Crippen molar-refractivity contribution in [2.75, 3.05) is 0 Å². The lowest BCUT2D eigenvalue weighted by Crippen LogP contribution is -2.22. The Morgan fingerprint density at radius 1 is 0.781 bits per heavy atom. The highest BCUT2D eigenvalue weighted by Crippen LogP contribution is 2.22. The smallest absolute Gasteiger partial charge is 0.338 e. The fourth-order valence-corrected chi connectivity index (χ4v) is 3.80. The molecular weight excluding hydrogens is 432 g/mol. The van der Waals surface area contributed by atoms with Crippen LogP contribution in [0.25, 0.3) is 0 Å². The van der Waals surface area contributed by atoms with Gasteiger partial charge in [-0.3, -0.25) is 4.55 Å². The van der Waals surface area contributed by atoms with Crippen LogP contribution in [0, 0.1) is 11.8 Å². The average molecular weight is 471 g/mol. The summed E-state index contributed by atoms with van der Waals surface area (Å²) in [5.74, 6) is -0.768. The van der Waals surface area contributed by atoms with Gasteiger partial charge in [-0.25, -0.2) is 9.59 Å². The molecule has 0 radical (unpaired) electrons. The van der Waals surface area contributed by atoms with Gasteiger partial charge in [0, 0.05) is 0 Å². The minimum Gasteiger partial charge on any atom is -0.459 e. The van der Waals surface area contributed by atoms with E-state index in [1.165, 1.54) is 6.07 Å². The van der Waals surface area contributed by atoms with Crippen LogP contribution >= 0.6 is 0 Å². The van der Waals surface area contributed by atoms with Gasteiger partial charge in [-0.1, -0.05) is 54.4 Å². The van der Waals surface area contributed by atoms with Gasteiger partial charge in [-0.05, 0) is 55.7 Å². The second kappa shape index (κ2) is 12.9. The molecule has 0 spiro atoms. The Morgan fingerprint density at radius 3 is 1.44 bits per heavy atom. The van der Waals surface area contributed by atoms with Gasteiger partial charge in [-0.15, -0.1) is 0 Å². The molecule has 0 fully saturated rings. The molecule has 1 rings (SSSR count). The summed E-state index contributed by atoms with van der Waals surface area (Å²) in [5, 5.41) is 0. The Bertz CT molecular complexity index is 811. The van der Waals surface area contributed by atoms with Crippen LogP contribution in [0.15, 0.2) is 23.1 Å². The summed E-state index contributed by atoms with van der Waals surface area (Å²) in [7, 11) is -4.64. The molecule has 0 aliphatic carbocycles. The van der Waals surface area contributed by atoms with Crippen molar-refractivity contribution in [1.82, 2.24) is 0 Å². The molecule has 0 saturated carbocycles. The van der Waals surface area contributed by atoms with E-state index in [-0.39, 0.29) is 23.3 Å². The molecule has 0 aromatic heterocycles. The third-order valence-electron chi connectivity index (χ3n) is 5.86. The second-order valence-electron chi connectivity index (χ2n) is 8.59. The molecule has 8 heteroatoms. The first-order valence-corrected chi connectivity index (χ1v) is 12.9. The quantitative estimate of drug-likeness (QED) is 0.292. The molecule has 1 N–H and O–H groups in total. The van der Waals surface area contributed by atoms with Gasteiger partial charge < -0.3 is 9.47 Å². The van der Waals surface area contributed by atoms with Crippen molar-refractivity contribution in [1.29, 1.82) is 0 Å². The highest BCUT2D eigenvalue weighted by atomic mass is 32.2. The maximum atomic E-state index is 12.7. The molecular formula is C24H38O7S. The maximum Gasteiger partial charge on any atom is 0.338 e. The van der Waals surface area contributed by atoms with E-state index in [0.29, 0.717) is 37.5 Å². The van der Waals surface area contributed by atoms with Crippen LogP contribution in [0.3, 0.4) is 0 Å². The molecule has 32 heavy (non-hydrogen) atoms. The first kappa shape index (κ1) is 28.1. The van der Waals surface area contributed by atoms with Crippen molar-refractivity contribution in [3.05, 3.63) is 29.3 Å². The molecule has 1 aromatic rings. The topological polar surface area (TPSA) is 107 Å². The summed E-state index contributed by atoms with van der Waals surface area (Å²) in [4.78, 5) is 24.9. The Hall–Kier alpha value is -1.93. The van der Waals surface area contributed by atoms with Crippen LogP contribution in [0.4, 0.5) is 0 Å². The number of esters is 2. The fraction of sp³-hybridized carbons (Fsp3) is 0.667. The molecule has 0 bridgehead atoms. The van der Waals surface area contributed by atoms with Crippen LogP contribution in [0.2, 0.25) is 0 Å². The zero-order chi connectivity index (χ0) is 24.5.